The van der Waals surface area contributed by atoms with Gasteiger partial charge in [-0.15, -0.1) is 11.6 Å². The highest BCUT2D eigenvalue weighted by atomic mass is 35.5. The predicted molar refractivity (Wildman–Crippen MR) is 583 cm³/mol. The molecule has 0 amide bonds. The van der Waals surface area contributed by atoms with Gasteiger partial charge in [-0.25, -0.2) is 19.9 Å². The molecule has 1 unspecified atom stereocenters. The first kappa shape index (κ1) is 107. The lowest BCUT2D eigenvalue weighted by Gasteiger charge is -2.42. The van der Waals surface area contributed by atoms with Crippen LogP contribution in [0.15, 0.2) is 207 Å². The number of halogens is 5. The summed E-state index contributed by atoms with van der Waals surface area (Å²) in [6, 6.07) is 48.6. The molecule has 3 saturated heterocycles. The number of pyridine rings is 1. The van der Waals surface area contributed by atoms with E-state index in [4.69, 9.17) is 72.2 Å². The molecule has 1 atom stereocenters. The highest BCUT2D eigenvalue weighted by molar-refractivity contribution is 7.71. The Bertz CT molecular complexity index is 6690. The first-order chi connectivity index (χ1) is 67.3. The van der Waals surface area contributed by atoms with Gasteiger partial charge in [0.2, 0.25) is 23.8 Å². The van der Waals surface area contributed by atoms with Crippen LogP contribution in [0.25, 0.3) is 11.3 Å². The van der Waals surface area contributed by atoms with Gasteiger partial charge in [-0.05, 0) is 190 Å². The van der Waals surface area contributed by atoms with Crippen LogP contribution in [0.4, 0.5) is 104 Å². The first-order valence-corrected chi connectivity index (χ1v) is 57.9. The van der Waals surface area contributed by atoms with Gasteiger partial charge in [-0.3, -0.25) is 19.9 Å². The second kappa shape index (κ2) is 48.5. The number of rotatable bonds is 32. The Morgan fingerprint density at radius 3 is 1.37 bits per heavy atom. The maximum Gasteiger partial charge on any atom is 0.229 e. The summed E-state index contributed by atoms with van der Waals surface area (Å²) < 4.78 is 67.4. The van der Waals surface area contributed by atoms with Gasteiger partial charge >= 0.3 is 0 Å². The summed E-state index contributed by atoms with van der Waals surface area (Å²) in [5.74, 6) is 5.26. The van der Waals surface area contributed by atoms with Crippen LogP contribution in [-0.2, 0) is 24.8 Å². The second-order valence-corrected chi connectivity index (χ2v) is 50.5. The van der Waals surface area contributed by atoms with E-state index in [1.54, 1.807) is 143 Å². The quantitative estimate of drug-likeness (QED) is 0.0138. The number of aliphatic hydroxyl groups is 1. The van der Waals surface area contributed by atoms with Crippen molar-refractivity contribution in [2.24, 2.45) is 0 Å². The third-order valence-electron chi connectivity index (χ3n) is 23.5. The molecule has 42 heteroatoms. The Morgan fingerprint density at radius 1 is 0.418 bits per heavy atom. The van der Waals surface area contributed by atoms with E-state index in [9.17, 15) is 23.4 Å². The molecule has 9 heterocycles. The van der Waals surface area contributed by atoms with E-state index >= 15 is 0 Å². The summed E-state index contributed by atoms with van der Waals surface area (Å²) in [5.41, 5.74) is 10.7. The van der Waals surface area contributed by atoms with Crippen LogP contribution < -0.4 is 93.1 Å². The van der Waals surface area contributed by atoms with Crippen molar-refractivity contribution >= 4 is 212 Å². The number of alkyl halides is 1. The van der Waals surface area contributed by atoms with Gasteiger partial charge in [0.05, 0.1) is 104 Å². The average Bonchev–Trinajstić information content (AvgIpc) is 0.820. The minimum atomic E-state index is -2.53. The Balaban J connectivity index is 0.000000159. The number of anilines is 18. The van der Waals surface area contributed by atoms with Crippen LogP contribution in [-0.4, -0.2) is 253 Å². The fourth-order valence-electron chi connectivity index (χ4n) is 15.7. The summed E-state index contributed by atoms with van der Waals surface area (Å²) in [7, 11) is -0.650. The summed E-state index contributed by atoms with van der Waals surface area (Å²) in [6.45, 7) is 29.0. The molecule has 3 fully saturated rings. The molecular formula is C99H120Cl5N25O8P4. The number of para-hydroxylation sites is 2. The van der Waals surface area contributed by atoms with E-state index in [2.05, 4.69) is 159 Å². The number of nitrogens with zero attached hydrogens (tertiary/aromatic N) is 16. The lowest BCUT2D eigenvalue weighted by atomic mass is 10.0. The lowest BCUT2D eigenvalue weighted by Crippen LogP contribution is -2.52. The molecule has 744 valence electrons. The number of nitrogens with one attached hydrogen (secondary N) is 9. The van der Waals surface area contributed by atoms with E-state index in [0.29, 0.717) is 120 Å². The van der Waals surface area contributed by atoms with Gasteiger partial charge in [0.25, 0.3) is 0 Å². The summed E-state index contributed by atoms with van der Waals surface area (Å²) in [6.07, 6.45) is 16.6. The molecule has 10 N–H and O–H groups in total. The van der Waals surface area contributed by atoms with Crippen LogP contribution in [0.1, 0.15) is 30.9 Å². The van der Waals surface area contributed by atoms with Crippen LogP contribution in [0, 0.1) is 6.92 Å². The van der Waals surface area contributed by atoms with Gasteiger partial charge in [-0.2, -0.15) is 19.9 Å². The number of hydrogen-bond acceptors (Lipinski definition) is 33. The SMILES string of the molecule is COc1cc(N2CCC(N3CCN(C)CC3)CC2)ccc1Nc1ncc(Cl)c(NCc2ccccc2P(C)(C)=O)n1.COc1cc(N2CCN(C)CC2)ccc1Nc1ncc(Cl)c(Nc2cnccc2P(C)(C)=O)n1.COc1cc(P(C)(C)=O)ccc1Nc1ncc(Cl)c(Nc2ccccc2-c2cnccn2)n1.Cc1cc(NCC(C)(O)CCl)ccc1Nc1ncc(Cl)c(Nc2ccccc2P(C)(C)=O)n1. The minimum absolute atomic E-state index is 0.140. The van der Waals surface area contributed by atoms with E-state index in [-0.39, 0.29) is 5.88 Å². The number of hydrogen-bond donors (Lipinski definition) is 10. The van der Waals surface area contributed by atoms with Crippen molar-refractivity contribution < 1.29 is 37.6 Å². The van der Waals surface area contributed by atoms with Gasteiger partial charge in [0.15, 0.2) is 23.3 Å². The smallest absolute Gasteiger partial charge is 0.229 e. The van der Waals surface area contributed by atoms with Crippen molar-refractivity contribution in [3.63, 3.8) is 0 Å². The van der Waals surface area contributed by atoms with Crippen LogP contribution in [0.5, 0.6) is 17.2 Å². The predicted octanol–water partition coefficient (Wildman–Crippen LogP) is 19.9. The molecular weight excluding hydrogens is 1970 g/mol. The number of piperazine rings is 2. The molecule has 16 rings (SSSR count). The Labute approximate surface area is 849 Å². The maximum atomic E-state index is 12.7. The normalized spacial score (nSPS) is 14.3. The van der Waals surface area contributed by atoms with E-state index in [1.165, 1.54) is 44.5 Å². The largest absolute Gasteiger partial charge is 0.495 e. The van der Waals surface area contributed by atoms with Gasteiger partial charge in [0, 0.05) is 171 Å². The summed E-state index contributed by atoms with van der Waals surface area (Å²) in [4.78, 5) is 60.3. The Hall–Kier alpha value is -11.5. The highest BCUT2D eigenvalue weighted by Gasteiger charge is 2.30. The molecule has 0 bridgehead atoms. The van der Waals surface area contributed by atoms with Crippen molar-refractivity contribution in [1.82, 2.24) is 69.5 Å². The topological polar surface area (TPSA) is 382 Å². The van der Waals surface area contributed by atoms with Crippen LogP contribution in [0.2, 0.25) is 20.1 Å². The van der Waals surface area contributed by atoms with Gasteiger partial charge in [-0.1, -0.05) is 101 Å². The number of ether oxygens (including phenoxy) is 3. The van der Waals surface area contributed by atoms with Gasteiger partial charge < -0.3 is 105 Å². The number of aromatic nitrogens is 11. The number of aryl methyl sites for hydroxylation is 1. The highest BCUT2D eigenvalue weighted by Crippen LogP contribution is 2.45. The molecule has 0 spiro atoms. The zero-order valence-corrected chi connectivity index (χ0v) is 88.8. The van der Waals surface area contributed by atoms with E-state index in [1.807, 2.05) is 116 Å². The van der Waals surface area contributed by atoms with Crippen LogP contribution >= 0.6 is 86.6 Å². The average molecular weight is 2090 g/mol. The second-order valence-electron chi connectivity index (χ2n) is 35.9. The molecule has 13 aromatic rings. The van der Waals surface area contributed by atoms with E-state index < -0.39 is 34.2 Å². The number of methoxy groups -OCH3 is 3. The molecule has 0 radical (unpaired) electrons. The minimum Gasteiger partial charge on any atom is -0.495 e. The van der Waals surface area contributed by atoms with Gasteiger partial charge in [0.1, 0.15) is 65.9 Å². The van der Waals surface area contributed by atoms with Crippen LogP contribution in [0.3, 0.4) is 0 Å². The van der Waals surface area contributed by atoms with E-state index in [0.717, 1.165) is 136 Å². The monoisotopic (exact) mass is 2090 g/mol. The Kier molecular flexibility index (Phi) is 36.7. The zero-order valence-electron chi connectivity index (χ0n) is 81.5. The number of likely N-dealkylation sites (N-methyl/N-ethyl adjacent to an activating group) is 2. The third kappa shape index (κ3) is 29.8. The molecule has 6 aromatic heterocycles. The summed E-state index contributed by atoms with van der Waals surface area (Å²) in [5, 5.41) is 43.4. The zero-order chi connectivity index (χ0) is 101. The fourth-order valence-corrected chi connectivity index (χ4v) is 20.7. The fraction of sp³-hybridized carbons (Fsp3) is 0.323. The maximum absolute atomic E-state index is 12.7. The van der Waals surface area contributed by atoms with Crippen molar-refractivity contribution in [1.29, 1.82) is 0 Å². The standard InChI is InChI=1S/C30H41ClN7O2P.C23H28Cl2N5O2P.C23H29ClN7O2P.C23H22ClN6O2P/c1-36-15-17-38(18-16-36)23-11-13-37(14-12-23)24-9-10-26(27(19-24)40-2)34-30-33-21-25(31)29(35-30)32-20-22-7-5-6-8-28(22)41(3,4)39;1-15-11-16(27-14-23(2,31)13-24)9-10-18(15)29-22-26-12-17(25)21(30-22)28-19-7-5-6-8-20(19)33(3,4)32;1-30-9-11-31(12-10-30)16-5-6-18(20(13-16)33-2)28-23-26-14-17(24)22(29-23)27-19-15-25-8-7-21(19)34(3,4)32;1-32-21-12-15(33(2,3)31)8-9-19(21)29-23-27-13-17(24)22(30-23)28-18-7-5-4-6-16(18)20-14-25-10-11-26-20/h5-10,19,21,23H,11-18,20H2,1-4H3,(H2,32,33,34,35);5-12,27,31H,13-14H2,1-4H3,(H2,26,28,29,30);5-8,13-15H,9-12H2,1-4H3,(H2,26,27,28,29);4-14H,1-3H3,(H2,27,28,29,30). The van der Waals surface area contributed by atoms with Crippen molar-refractivity contribution in [2.75, 3.05) is 224 Å². The molecule has 3 aliphatic rings. The molecule has 7 aromatic carbocycles. The Morgan fingerprint density at radius 2 is 0.858 bits per heavy atom. The lowest BCUT2D eigenvalue weighted by molar-refractivity contribution is 0.0981. The number of piperidine rings is 1. The van der Waals surface area contributed by atoms with Crippen molar-refractivity contribution in [3.05, 3.63) is 239 Å². The molecule has 33 nitrogen and oxygen atoms in total. The van der Waals surface area contributed by atoms with Crippen molar-refractivity contribution in [2.45, 2.75) is 44.9 Å². The first-order valence-electron chi connectivity index (χ1n) is 45.5. The molecule has 141 heavy (non-hydrogen) atoms. The molecule has 0 aliphatic carbocycles. The molecule has 3 aliphatic heterocycles. The molecule has 0 saturated carbocycles. The number of benzene rings is 7. The van der Waals surface area contributed by atoms with Crippen molar-refractivity contribution in [3.8, 4) is 28.5 Å². The third-order valence-corrected chi connectivity index (χ3v) is 31.4. The summed E-state index contributed by atoms with van der Waals surface area (Å²) >= 11 is 31.3.